The number of pyridine rings is 1. The monoisotopic (exact) mass is 549 g/mol. The van der Waals surface area contributed by atoms with Crippen LogP contribution in [0.1, 0.15) is 26.5 Å². The molecule has 0 saturated heterocycles. The molecule has 8 nitrogen and oxygen atoms in total. The van der Waals surface area contributed by atoms with Gasteiger partial charge in [0.15, 0.2) is 5.16 Å². The second kappa shape index (κ2) is 9.57. The van der Waals surface area contributed by atoms with Crippen molar-refractivity contribution in [3.8, 4) is 0 Å². The maximum Gasteiger partial charge on any atom is 0.258 e. The Morgan fingerprint density at radius 2 is 1.82 bits per heavy atom. The number of benzene rings is 1. The molecule has 0 atom stereocenters. The minimum absolute atomic E-state index is 0.146. The normalized spacial score (nSPS) is 12.3. The standard InChI is InChI=1S/C22H24BrN5O3S2/c1-4-26(5-2)33(30,31)17-8-9-19-18(12-17)25-22(27(19)6-3)32-14-16-11-21(29)28-13-15(23)7-10-20(28)24-16/h7-13H,4-6,14H2,1-3H3. The molecule has 4 aromatic rings. The minimum atomic E-state index is -3.56. The molecule has 3 heterocycles. The lowest BCUT2D eigenvalue weighted by molar-refractivity contribution is 0.445. The van der Waals surface area contributed by atoms with Crippen molar-refractivity contribution in [1.29, 1.82) is 0 Å². The maximum atomic E-state index is 12.9. The van der Waals surface area contributed by atoms with Gasteiger partial charge in [-0.3, -0.25) is 9.20 Å². The van der Waals surface area contributed by atoms with Gasteiger partial charge in [-0.2, -0.15) is 4.31 Å². The number of thioether (sulfide) groups is 1. The van der Waals surface area contributed by atoms with E-state index in [-0.39, 0.29) is 10.5 Å². The van der Waals surface area contributed by atoms with Gasteiger partial charge in [0, 0.05) is 42.1 Å². The highest BCUT2D eigenvalue weighted by Crippen LogP contribution is 2.28. The number of halogens is 1. The molecule has 174 valence electrons. The van der Waals surface area contributed by atoms with Gasteiger partial charge >= 0.3 is 0 Å². The first kappa shape index (κ1) is 23.9. The van der Waals surface area contributed by atoms with Gasteiger partial charge in [0.2, 0.25) is 10.0 Å². The van der Waals surface area contributed by atoms with Crippen molar-refractivity contribution in [2.24, 2.45) is 0 Å². The van der Waals surface area contributed by atoms with Gasteiger partial charge in [0.25, 0.3) is 5.56 Å². The third-order valence-corrected chi connectivity index (χ3v) is 8.89. The third-order valence-electron chi connectivity index (χ3n) is 5.37. The predicted octanol–water partition coefficient (Wildman–Crippen LogP) is 4.15. The average Bonchev–Trinajstić information content (AvgIpc) is 3.15. The third kappa shape index (κ3) is 4.59. The van der Waals surface area contributed by atoms with Crippen LogP contribution < -0.4 is 5.56 Å². The molecular weight excluding hydrogens is 526 g/mol. The molecule has 0 fully saturated rings. The molecule has 0 unspecified atom stereocenters. The quantitative estimate of drug-likeness (QED) is 0.307. The molecule has 0 saturated carbocycles. The van der Waals surface area contributed by atoms with Gasteiger partial charge in [-0.15, -0.1) is 0 Å². The Balaban J connectivity index is 1.66. The van der Waals surface area contributed by atoms with Gasteiger partial charge in [-0.25, -0.2) is 18.4 Å². The molecule has 0 bridgehead atoms. The smallest absolute Gasteiger partial charge is 0.258 e. The van der Waals surface area contributed by atoms with Crippen LogP contribution in [0.3, 0.4) is 0 Å². The molecule has 0 radical (unpaired) electrons. The Morgan fingerprint density at radius 1 is 1.06 bits per heavy atom. The lowest BCUT2D eigenvalue weighted by atomic mass is 10.3. The Morgan fingerprint density at radius 3 is 2.52 bits per heavy atom. The van der Waals surface area contributed by atoms with E-state index in [1.54, 1.807) is 24.4 Å². The van der Waals surface area contributed by atoms with Crippen LogP contribution in [0.15, 0.2) is 61.9 Å². The SMILES string of the molecule is CCN(CC)S(=O)(=O)c1ccc2c(c1)nc(SCc1cc(=O)n3cc(Br)ccc3n1)n2CC. The molecule has 4 rings (SSSR count). The van der Waals surface area contributed by atoms with Gasteiger partial charge < -0.3 is 4.57 Å². The van der Waals surface area contributed by atoms with Gasteiger partial charge in [0.1, 0.15) is 5.65 Å². The first-order valence-electron chi connectivity index (χ1n) is 10.6. The summed E-state index contributed by atoms with van der Waals surface area (Å²) >= 11 is 4.84. The fourth-order valence-electron chi connectivity index (χ4n) is 3.71. The zero-order valence-corrected chi connectivity index (χ0v) is 21.7. The molecule has 0 N–H and O–H groups in total. The van der Waals surface area contributed by atoms with Crippen molar-refractivity contribution < 1.29 is 8.42 Å². The number of rotatable bonds is 8. The summed E-state index contributed by atoms with van der Waals surface area (Å²) in [4.78, 5) is 22.0. The zero-order valence-electron chi connectivity index (χ0n) is 18.5. The van der Waals surface area contributed by atoms with Crippen LogP contribution in [0.25, 0.3) is 16.7 Å². The summed E-state index contributed by atoms with van der Waals surface area (Å²) < 4.78 is 31.6. The van der Waals surface area contributed by atoms with E-state index in [4.69, 9.17) is 4.98 Å². The molecule has 0 amide bonds. The molecule has 0 spiro atoms. The van der Waals surface area contributed by atoms with Crippen LogP contribution in [-0.4, -0.2) is 44.7 Å². The zero-order chi connectivity index (χ0) is 23.8. The molecule has 0 aliphatic heterocycles. The molecule has 1 aromatic carbocycles. The molecule has 0 aliphatic carbocycles. The average molecular weight is 551 g/mol. The minimum Gasteiger partial charge on any atom is -0.319 e. The van der Waals surface area contributed by atoms with E-state index >= 15 is 0 Å². The Bertz CT molecular complexity index is 1490. The number of hydrogen-bond acceptors (Lipinski definition) is 6. The molecular formula is C22H24BrN5O3S2. The summed E-state index contributed by atoms with van der Waals surface area (Å²) in [7, 11) is -3.56. The van der Waals surface area contributed by atoms with Crippen molar-refractivity contribution in [1.82, 2.24) is 23.2 Å². The van der Waals surface area contributed by atoms with Crippen molar-refractivity contribution in [2.45, 2.75) is 43.1 Å². The number of sulfonamides is 1. The topological polar surface area (TPSA) is 89.6 Å². The summed E-state index contributed by atoms with van der Waals surface area (Å²) in [5.41, 5.74) is 2.59. The maximum absolute atomic E-state index is 12.9. The second-order valence-electron chi connectivity index (χ2n) is 7.33. The lowest BCUT2D eigenvalue weighted by Crippen LogP contribution is -2.30. The number of hydrogen-bond donors (Lipinski definition) is 0. The fraction of sp³-hybridized carbons (Fsp3) is 0.318. The van der Waals surface area contributed by atoms with E-state index in [0.717, 1.165) is 15.1 Å². The number of fused-ring (bicyclic) bond motifs is 2. The van der Waals surface area contributed by atoms with Gasteiger partial charge in [0.05, 0.1) is 21.6 Å². The summed E-state index contributed by atoms with van der Waals surface area (Å²) in [5.74, 6) is 0.468. The number of aryl methyl sites for hydroxylation is 1. The van der Waals surface area contributed by atoms with E-state index in [2.05, 4.69) is 20.9 Å². The summed E-state index contributed by atoms with van der Waals surface area (Å²) in [5, 5.41) is 0.752. The Labute approximate surface area is 204 Å². The first-order chi connectivity index (χ1) is 15.8. The Kier molecular flexibility index (Phi) is 6.94. The number of nitrogens with zero attached hydrogens (tertiary/aromatic N) is 5. The second-order valence-corrected chi connectivity index (χ2v) is 11.1. The number of aromatic nitrogens is 4. The van der Waals surface area contributed by atoms with Crippen LogP contribution >= 0.6 is 27.7 Å². The van der Waals surface area contributed by atoms with E-state index in [9.17, 15) is 13.2 Å². The molecule has 33 heavy (non-hydrogen) atoms. The van der Waals surface area contributed by atoms with Crippen molar-refractivity contribution in [2.75, 3.05) is 13.1 Å². The summed E-state index contributed by atoms with van der Waals surface area (Å²) in [6, 6.07) is 10.3. The van der Waals surface area contributed by atoms with E-state index < -0.39 is 10.0 Å². The number of imidazole rings is 1. The van der Waals surface area contributed by atoms with Crippen LogP contribution in [0.4, 0.5) is 0 Å². The van der Waals surface area contributed by atoms with Crippen molar-refractivity contribution >= 4 is 54.4 Å². The van der Waals surface area contributed by atoms with E-state index in [0.29, 0.717) is 42.2 Å². The molecule has 11 heteroatoms. The lowest BCUT2D eigenvalue weighted by Gasteiger charge is -2.18. The van der Waals surface area contributed by atoms with Gasteiger partial charge in [-0.05, 0) is 53.2 Å². The van der Waals surface area contributed by atoms with Crippen LogP contribution in [0.2, 0.25) is 0 Å². The fourth-order valence-corrected chi connectivity index (χ4v) is 6.50. The first-order valence-corrected chi connectivity index (χ1v) is 13.8. The predicted molar refractivity (Wildman–Crippen MR) is 134 cm³/mol. The highest BCUT2D eigenvalue weighted by molar-refractivity contribution is 9.10. The highest BCUT2D eigenvalue weighted by atomic mass is 79.9. The molecule has 3 aromatic heterocycles. The van der Waals surface area contributed by atoms with Crippen LogP contribution in [0, 0.1) is 0 Å². The summed E-state index contributed by atoms with van der Waals surface area (Å²) in [6.45, 7) is 7.18. The van der Waals surface area contributed by atoms with Crippen molar-refractivity contribution in [3.05, 3.63) is 63.1 Å². The Hall–Kier alpha value is -2.21. The van der Waals surface area contributed by atoms with Crippen LogP contribution in [0.5, 0.6) is 0 Å². The van der Waals surface area contributed by atoms with E-state index in [1.807, 2.05) is 37.5 Å². The molecule has 0 aliphatic rings. The van der Waals surface area contributed by atoms with Crippen LogP contribution in [-0.2, 0) is 22.3 Å². The van der Waals surface area contributed by atoms with Crippen molar-refractivity contribution in [3.63, 3.8) is 0 Å². The largest absolute Gasteiger partial charge is 0.319 e. The van der Waals surface area contributed by atoms with Gasteiger partial charge in [-0.1, -0.05) is 25.6 Å². The highest BCUT2D eigenvalue weighted by Gasteiger charge is 2.23. The summed E-state index contributed by atoms with van der Waals surface area (Å²) in [6.07, 6.45) is 1.70. The van der Waals surface area contributed by atoms with E-state index in [1.165, 1.54) is 26.5 Å².